The zero-order chi connectivity index (χ0) is 15.9. The quantitative estimate of drug-likeness (QED) is 0.789. The first-order chi connectivity index (χ1) is 11.3. The van der Waals surface area contributed by atoms with E-state index >= 15 is 0 Å². The molecule has 0 unspecified atom stereocenters. The molecule has 1 saturated carbocycles. The summed E-state index contributed by atoms with van der Waals surface area (Å²) in [5.41, 5.74) is 1.95. The predicted molar refractivity (Wildman–Crippen MR) is 91.4 cm³/mol. The average Bonchev–Trinajstić information content (AvgIpc) is 3.09. The molecule has 23 heavy (non-hydrogen) atoms. The normalized spacial score (nSPS) is 18.5. The van der Waals surface area contributed by atoms with E-state index in [9.17, 15) is 4.79 Å². The van der Waals surface area contributed by atoms with Gasteiger partial charge in [0.2, 0.25) is 0 Å². The van der Waals surface area contributed by atoms with E-state index in [0.717, 1.165) is 31.6 Å². The lowest BCUT2D eigenvalue weighted by Crippen LogP contribution is -2.33. The Morgan fingerprint density at radius 3 is 2.70 bits per heavy atom. The van der Waals surface area contributed by atoms with Crippen LogP contribution in [-0.4, -0.2) is 28.5 Å². The fourth-order valence-electron chi connectivity index (χ4n) is 3.35. The molecule has 1 aromatic heterocycles. The summed E-state index contributed by atoms with van der Waals surface area (Å²) in [5.74, 6) is 0.627. The lowest BCUT2D eigenvalue weighted by molar-refractivity contribution is 0.0932. The van der Waals surface area contributed by atoms with Crippen LogP contribution in [0.2, 0.25) is 0 Å². The summed E-state index contributed by atoms with van der Waals surface area (Å²) in [4.78, 5) is 20.6. The summed E-state index contributed by atoms with van der Waals surface area (Å²) in [6.07, 6.45) is 16.3. The van der Waals surface area contributed by atoms with Crippen LogP contribution in [0, 0.1) is 0 Å². The molecule has 0 aromatic carbocycles. The molecule has 2 aliphatic carbocycles. The van der Waals surface area contributed by atoms with Crippen molar-refractivity contribution in [3.05, 3.63) is 29.7 Å². The Morgan fingerprint density at radius 2 is 2.00 bits per heavy atom. The van der Waals surface area contributed by atoms with Gasteiger partial charge in [0.05, 0.1) is 12.4 Å². The van der Waals surface area contributed by atoms with E-state index < -0.39 is 0 Å². The molecule has 1 fully saturated rings. The molecule has 2 aliphatic rings. The maximum atomic E-state index is 12.1. The van der Waals surface area contributed by atoms with E-state index in [1.807, 2.05) is 0 Å². The number of aromatic nitrogens is 2. The van der Waals surface area contributed by atoms with Crippen molar-refractivity contribution in [3.63, 3.8) is 0 Å². The summed E-state index contributed by atoms with van der Waals surface area (Å²) < 4.78 is 0. The second-order valence-electron chi connectivity index (χ2n) is 6.53. The van der Waals surface area contributed by atoms with Gasteiger partial charge in [-0.3, -0.25) is 4.79 Å². The number of nitrogens with one attached hydrogen (secondary N) is 2. The minimum atomic E-state index is -0.108. The highest BCUT2D eigenvalue weighted by atomic mass is 16.1. The van der Waals surface area contributed by atoms with Crippen LogP contribution in [0.15, 0.2) is 24.0 Å². The molecular formula is C18H26N4O. The number of carbonyl (C=O) groups excluding carboxylic acids is 1. The SMILES string of the molecule is O=C(NC1CCCC1)c1cnc(NCCC2=CCCCC2)cn1. The largest absolute Gasteiger partial charge is 0.368 e. The Morgan fingerprint density at radius 1 is 1.13 bits per heavy atom. The van der Waals surface area contributed by atoms with Crippen LogP contribution in [0.3, 0.4) is 0 Å². The third-order valence-electron chi connectivity index (χ3n) is 4.71. The van der Waals surface area contributed by atoms with Crippen molar-refractivity contribution in [1.82, 2.24) is 15.3 Å². The summed E-state index contributed by atoms with van der Waals surface area (Å²) in [6, 6.07) is 0.311. The highest BCUT2D eigenvalue weighted by Crippen LogP contribution is 2.20. The van der Waals surface area contributed by atoms with E-state index in [0.29, 0.717) is 11.7 Å². The van der Waals surface area contributed by atoms with Gasteiger partial charge in [-0.1, -0.05) is 24.5 Å². The standard InChI is InChI=1S/C18H26N4O/c23-18(22-15-8-4-5-9-15)16-12-21-17(13-20-16)19-11-10-14-6-2-1-3-7-14/h6,12-13,15H,1-5,7-11H2,(H,19,21)(H,22,23). The highest BCUT2D eigenvalue weighted by Gasteiger charge is 2.18. The van der Waals surface area contributed by atoms with Crippen LogP contribution in [0.1, 0.15) is 68.3 Å². The fourth-order valence-corrected chi connectivity index (χ4v) is 3.35. The van der Waals surface area contributed by atoms with Crippen molar-refractivity contribution in [2.24, 2.45) is 0 Å². The van der Waals surface area contributed by atoms with Crippen molar-refractivity contribution in [3.8, 4) is 0 Å². The highest BCUT2D eigenvalue weighted by molar-refractivity contribution is 5.92. The predicted octanol–water partition coefficient (Wildman–Crippen LogP) is 3.45. The number of carbonyl (C=O) groups is 1. The Labute approximate surface area is 138 Å². The Balaban J connectivity index is 1.44. The lowest BCUT2D eigenvalue weighted by Gasteiger charge is -2.13. The van der Waals surface area contributed by atoms with Gasteiger partial charge in [0.1, 0.15) is 11.5 Å². The molecule has 0 spiro atoms. The second-order valence-corrected chi connectivity index (χ2v) is 6.53. The van der Waals surface area contributed by atoms with E-state index in [-0.39, 0.29) is 5.91 Å². The van der Waals surface area contributed by atoms with Gasteiger partial charge in [-0.2, -0.15) is 0 Å². The molecule has 2 N–H and O–H groups in total. The first-order valence-corrected chi connectivity index (χ1v) is 8.86. The minimum absolute atomic E-state index is 0.108. The molecule has 0 bridgehead atoms. The molecule has 0 aliphatic heterocycles. The van der Waals surface area contributed by atoms with E-state index in [2.05, 4.69) is 26.7 Å². The van der Waals surface area contributed by atoms with Gasteiger partial charge in [-0.25, -0.2) is 9.97 Å². The van der Waals surface area contributed by atoms with Crippen molar-refractivity contribution < 1.29 is 4.79 Å². The number of rotatable bonds is 6. The first-order valence-electron chi connectivity index (χ1n) is 8.86. The molecular weight excluding hydrogens is 288 g/mol. The summed E-state index contributed by atoms with van der Waals surface area (Å²) in [7, 11) is 0. The second kappa shape index (κ2) is 8.09. The Hall–Kier alpha value is -1.91. The molecule has 1 aromatic rings. The van der Waals surface area contributed by atoms with Gasteiger partial charge < -0.3 is 10.6 Å². The molecule has 5 heteroatoms. The zero-order valence-corrected chi connectivity index (χ0v) is 13.7. The summed E-state index contributed by atoms with van der Waals surface area (Å²) >= 11 is 0. The van der Waals surface area contributed by atoms with Gasteiger partial charge in [-0.05, 0) is 44.9 Å². The molecule has 124 valence electrons. The van der Waals surface area contributed by atoms with E-state index in [1.54, 1.807) is 18.0 Å². The van der Waals surface area contributed by atoms with Crippen LogP contribution >= 0.6 is 0 Å². The van der Waals surface area contributed by atoms with Gasteiger partial charge in [0.15, 0.2) is 0 Å². The van der Waals surface area contributed by atoms with Crippen molar-refractivity contribution in [2.75, 3.05) is 11.9 Å². The number of nitrogens with zero attached hydrogens (tertiary/aromatic N) is 2. The number of hydrogen-bond acceptors (Lipinski definition) is 4. The van der Waals surface area contributed by atoms with Crippen molar-refractivity contribution in [1.29, 1.82) is 0 Å². The van der Waals surface area contributed by atoms with Gasteiger partial charge in [0, 0.05) is 12.6 Å². The van der Waals surface area contributed by atoms with Crippen LogP contribution in [-0.2, 0) is 0 Å². The number of allylic oxidation sites excluding steroid dienone is 1. The van der Waals surface area contributed by atoms with Gasteiger partial charge >= 0.3 is 0 Å². The van der Waals surface area contributed by atoms with Crippen molar-refractivity contribution in [2.45, 2.75) is 63.8 Å². The molecule has 0 radical (unpaired) electrons. The first kappa shape index (κ1) is 16.0. The van der Waals surface area contributed by atoms with Crippen LogP contribution in [0.25, 0.3) is 0 Å². The van der Waals surface area contributed by atoms with Gasteiger partial charge in [0.25, 0.3) is 5.91 Å². The minimum Gasteiger partial charge on any atom is -0.368 e. The summed E-state index contributed by atoms with van der Waals surface area (Å²) in [6.45, 7) is 0.869. The van der Waals surface area contributed by atoms with Crippen LogP contribution in [0.4, 0.5) is 5.82 Å². The average molecular weight is 314 g/mol. The Kier molecular flexibility index (Phi) is 5.61. The monoisotopic (exact) mass is 314 g/mol. The maximum Gasteiger partial charge on any atom is 0.271 e. The maximum absolute atomic E-state index is 12.1. The topological polar surface area (TPSA) is 66.9 Å². The molecule has 3 rings (SSSR count). The molecule has 1 heterocycles. The summed E-state index contributed by atoms with van der Waals surface area (Å²) in [5, 5.41) is 6.32. The zero-order valence-electron chi connectivity index (χ0n) is 13.7. The van der Waals surface area contributed by atoms with E-state index in [4.69, 9.17) is 0 Å². The number of hydrogen-bond donors (Lipinski definition) is 2. The lowest BCUT2D eigenvalue weighted by atomic mass is 9.97. The molecule has 1 amide bonds. The molecule has 5 nitrogen and oxygen atoms in total. The van der Waals surface area contributed by atoms with Gasteiger partial charge in [-0.15, -0.1) is 0 Å². The van der Waals surface area contributed by atoms with E-state index in [1.165, 1.54) is 38.5 Å². The fraction of sp³-hybridized carbons (Fsp3) is 0.611. The Bertz CT molecular complexity index is 547. The number of amides is 1. The third-order valence-corrected chi connectivity index (χ3v) is 4.71. The van der Waals surface area contributed by atoms with Crippen LogP contribution < -0.4 is 10.6 Å². The third kappa shape index (κ3) is 4.78. The van der Waals surface area contributed by atoms with Crippen molar-refractivity contribution >= 4 is 11.7 Å². The number of anilines is 1. The molecule has 0 atom stereocenters. The van der Waals surface area contributed by atoms with Crippen LogP contribution in [0.5, 0.6) is 0 Å². The smallest absolute Gasteiger partial charge is 0.271 e. The molecule has 0 saturated heterocycles.